The van der Waals surface area contributed by atoms with Crippen molar-refractivity contribution < 1.29 is 17.9 Å². The summed E-state index contributed by atoms with van der Waals surface area (Å²) in [6.45, 7) is 1.45. The second-order valence-electron chi connectivity index (χ2n) is 4.82. The van der Waals surface area contributed by atoms with Crippen molar-refractivity contribution in [2.45, 2.75) is 24.3 Å². The standard InChI is InChI=1S/C13H15ClFNO3S/c1-8-4-13(11(14)6-12(8)15)20(18,19)16-10-3-2-9(5-10)7-17/h2-4,6,9-10,16-17H,5,7H2,1H3/t9-,10+/m0/s1. The Morgan fingerprint density at radius 3 is 2.75 bits per heavy atom. The Kier molecular flexibility index (Phi) is 4.49. The zero-order chi connectivity index (χ0) is 14.9. The van der Waals surface area contributed by atoms with Crippen LogP contribution in [0.3, 0.4) is 0 Å². The van der Waals surface area contributed by atoms with E-state index in [0.717, 1.165) is 6.07 Å². The minimum absolute atomic E-state index is 0.0227. The molecule has 1 aromatic rings. The number of hydrogen-bond acceptors (Lipinski definition) is 3. The summed E-state index contributed by atoms with van der Waals surface area (Å²) in [5.74, 6) is -0.594. The zero-order valence-corrected chi connectivity index (χ0v) is 12.4. The van der Waals surface area contributed by atoms with Gasteiger partial charge in [-0.05, 0) is 31.0 Å². The first-order valence-corrected chi connectivity index (χ1v) is 7.97. The van der Waals surface area contributed by atoms with Crippen LogP contribution in [-0.2, 0) is 10.0 Å². The smallest absolute Gasteiger partial charge is 0.242 e. The van der Waals surface area contributed by atoms with Gasteiger partial charge in [0.05, 0.1) is 5.02 Å². The summed E-state index contributed by atoms with van der Waals surface area (Å²) < 4.78 is 40.3. The molecule has 0 saturated heterocycles. The van der Waals surface area contributed by atoms with Gasteiger partial charge in [-0.2, -0.15) is 0 Å². The van der Waals surface area contributed by atoms with Crippen LogP contribution in [0.25, 0.3) is 0 Å². The Balaban J connectivity index is 2.24. The van der Waals surface area contributed by atoms with Gasteiger partial charge in [0, 0.05) is 18.6 Å². The summed E-state index contributed by atoms with van der Waals surface area (Å²) in [6.07, 6.45) is 3.96. The molecule has 4 nitrogen and oxygen atoms in total. The Bertz CT molecular complexity index is 645. The highest BCUT2D eigenvalue weighted by molar-refractivity contribution is 7.89. The molecule has 0 heterocycles. The Hall–Kier alpha value is -0.950. The van der Waals surface area contributed by atoms with E-state index in [1.807, 2.05) is 0 Å². The van der Waals surface area contributed by atoms with E-state index < -0.39 is 21.9 Å². The molecule has 0 unspecified atom stereocenters. The molecule has 110 valence electrons. The first kappa shape index (κ1) is 15.4. The van der Waals surface area contributed by atoms with Gasteiger partial charge in [0.2, 0.25) is 10.0 Å². The van der Waals surface area contributed by atoms with E-state index in [4.69, 9.17) is 16.7 Å². The van der Waals surface area contributed by atoms with Crippen LogP contribution >= 0.6 is 11.6 Å². The Morgan fingerprint density at radius 1 is 1.45 bits per heavy atom. The van der Waals surface area contributed by atoms with Crippen molar-refractivity contribution in [3.63, 3.8) is 0 Å². The van der Waals surface area contributed by atoms with E-state index in [0.29, 0.717) is 6.42 Å². The maximum absolute atomic E-state index is 13.3. The van der Waals surface area contributed by atoms with Gasteiger partial charge < -0.3 is 5.11 Å². The largest absolute Gasteiger partial charge is 0.396 e. The summed E-state index contributed by atoms with van der Waals surface area (Å²) in [5, 5.41) is 8.87. The Morgan fingerprint density at radius 2 is 2.15 bits per heavy atom. The number of aryl methyl sites for hydroxylation is 1. The third-order valence-electron chi connectivity index (χ3n) is 3.22. The summed E-state index contributed by atoms with van der Waals surface area (Å²) >= 11 is 5.81. The second kappa shape index (κ2) is 5.81. The van der Waals surface area contributed by atoms with Crippen molar-refractivity contribution in [3.8, 4) is 0 Å². The molecule has 1 aliphatic carbocycles. The fraction of sp³-hybridized carbons (Fsp3) is 0.385. The monoisotopic (exact) mass is 319 g/mol. The number of halogens is 2. The van der Waals surface area contributed by atoms with Crippen LogP contribution in [0, 0.1) is 18.7 Å². The van der Waals surface area contributed by atoms with Crippen molar-refractivity contribution in [3.05, 3.63) is 40.7 Å². The first-order chi connectivity index (χ1) is 9.33. The number of sulfonamides is 1. The minimum atomic E-state index is -3.83. The third-order valence-corrected chi connectivity index (χ3v) is 5.17. The van der Waals surface area contributed by atoms with Gasteiger partial charge in [-0.15, -0.1) is 0 Å². The van der Waals surface area contributed by atoms with E-state index in [1.54, 1.807) is 12.2 Å². The molecule has 20 heavy (non-hydrogen) atoms. The molecule has 0 bridgehead atoms. The number of aliphatic hydroxyl groups excluding tert-OH is 1. The number of aliphatic hydroxyl groups is 1. The molecule has 0 aliphatic heterocycles. The van der Waals surface area contributed by atoms with Crippen LogP contribution in [0.5, 0.6) is 0 Å². The lowest BCUT2D eigenvalue weighted by atomic mass is 10.1. The lowest BCUT2D eigenvalue weighted by Gasteiger charge is -2.14. The van der Waals surface area contributed by atoms with Gasteiger partial charge in [0.15, 0.2) is 0 Å². The van der Waals surface area contributed by atoms with Gasteiger partial charge >= 0.3 is 0 Å². The van der Waals surface area contributed by atoms with Gasteiger partial charge in [-0.3, -0.25) is 0 Å². The average molecular weight is 320 g/mol. The summed E-state index contributed by atoms with van der Waals surface area (Å²) in [6, 6.07) is 1.81. The lowest BCUT2D eigenvalue weighted by Crippen LogP contribution is -2.33. The van der Waals surface area contributed by atoms with Gasteiger partial charge in [-0.1, -0.05) is 23.8 Å². The van der Waals surface area contributed by atoms with E-state index in [1.165, 1.54) is 13.0 Å². The highest BCUT2D eigenvalue weighted by Crippen LogP contribution is 2.26. The van der Waals surface area contributed by atoms with Gasteiger partial charge in [-0.25, -0.2) is 17.5 Å². The molecule has 2 atom stereocenters. The molecular weight excluding hydrogens is 305 g/mol. The highest BCUT2D eigenvalue weighted by Gasteiger charge is 2.26. The lowest BCUT2D eigenvalue weighted by molar-refractivity contribution is 0.248. The molecule has 7 heteroatoms. The molecule has 0 saturated carbocycles. The average Bonchev–Trinajstić information content (AvgIpc) is 2.80. The van der Waals surface area contributed by atoms with Crippen molar-refractivity contribution in [1.82, 2.24) is 4.72 Å². The molecule has 2 rings (SSSR count). The van der Waals surface area contributed by atoms with Gasteiger partial charge in [0.1, 0.15) is 10.7 Å². The van der Waals surface area contributed by atoms with E-state index >= 15 is 0 Å². The quantitative estimate of drug-likeness (QED) is 0.834. The SMILES string of the molecule is Cc1cc(S(=O)(=O)N[C@@H]2C=C[C@H](CO)C2)c(Cl)cc1F. The van der Waals surface area contributed by atoms with Crippen LogP contribution in [0.1, 0.15) is 12.0 Å². The molecule has 2 N–H and O–H groups in total. The van der Waals surface area contributed by atoms with Crippen LogP contribution in [-0.4, -0.2) is 26.2 Å². The predicted octanol–water partition coefficient (Wildman–Crippen LogP) is 2.00. The van der Waals surface area contributed by atoms with Crippen LogP contribution in [0.4, 0.5) is 4.39 Å². The predicted molar refractivity (Wildman–Crippen MR) is 74.6 cm³/mol. The summed E-state index contributed by atoms with van der Waals surface area (Å²) in [4.78, 5) is -0.140. The Labute approximate surface area is 122 Å². The van der Waals surface area contributed by atoms with E-state index in [-0.39, 0.29) is 28.0 Å². The maximum atomic E-state index is 13.3. The fourth-order valence-corrected chi connectivity index (χ4v) is 3.90. The molecule has 1 aromatic carbocycles. The molecule has 0 amide bonds. The number of nitrogens with one attached hydrogen (secondary N) is 1. The van der Waals surface area contributed by atoms with Crippen molar-refractivity contribution in [1.29, 1.82) is 0 Å². The fourth-order valence-electron chi connectivity index (χ4n) is 2.10. The molecule has 0 aromatic heterocycles. The number of hydrogen-bond donors (Lipinski definition) is 2. The number of benzene rings is 1. The van der Waals surface area contributed by atoms with E-state index in [2.05, 4.69) is 4.72 Å². The third kappa shape index (κ3) is 3.20. The van der Waals surface area contributed by atoms with Crippen molar-refractivity contribution in [2.75, 3.05) is 6.61 Å². The summed E-state index contributed by atoms with van der Waals surface area (Å²) in [5.41, 5.74) is 0.213. The molecular formula is C13H15ClFNO3S. The minimum Gasteiger partial charge on any atom is -0.396 e. The zero-order valence-electron chi connectivity index (χ0n) is 10.8. The van der Waals surface area contributed by atoms with Crippen LogP contribution in [0.15, 0.2) is 29.2 Å². The van der Waals surface area contributed by atoms with Crippen LogP contribution in [0.2, 0.25) is 5.02 Å². The maximum Gasteiger partial charge on any atom is 0.242 e. The van der Waals surface area contributed by atoms with Gasteiger partial charge in [0.25, 0.3) is 0 Å². The van der Waals surface area contributed by atoms with Crippen molar-refractivity contribution in [2.24, 2.45) is 5.92 Å². The normalized spacial score (nSPS) is 22.4. The van der Waals surface area contributed by atoms with Crippen LogP contribution < -0.4 is 4.72 Å². The second-order valence-corrected chi connectivity index (χ2v) is 6.91. The topological polar surface area (TPSA) is 66.4 Å². The summed E-state index contributed by atoms with van der Waals surface area (Å²) in [7, 11) is -3.83. The number of rotatable bonds is 4. The highest BCUT2D eigenvalue weighted by atomic mass is 35.5. The molecule has 0 spiro atoms. The first-order valence-electron chi connectivity index (χ1n) is 6.10. The van der Waals surface area contributed by atoms with E-state index in [9.17, 15) is 12.8 Å². The molecule has 0 radical (unpaired) electrons. The van der Waals surface area contributed by atoms with Crippen molar-refractivity contribution >= 4 is 21.6 Å². The molecule has 0 fully saturated rings. The molecule has 1 aliphatic rings.